The summed E-state index contributed by atoms with van der Waals surface area (Å²) in [7, 11) is 4.50. The first kappa shape index (κ1) is 29.0. The number of halogens is 1. The Morgan fingerprint density at radius 2 is 1.83 bits per heavy atom. The molecule has 1 atom stereocenters. The molecule has 5 heterocycles. The van der Waals surface area contributed by atoms with Crippen LogP contribution in [-0.2, 0) is 4.43 Å². The van der Waals surface area contributed by atoms with Crippen LogP contribution in [0.15, 0.2) is 36.8 Å². The summed E-state index contributed by atoms with van der Waals surface area (Å²) in [5, 5.41) is 5.03. The van der Waals surface area contributed by atoms with Gasteiger partial charge in [0.05, 0.1) is 18.5 Å². The number of piperazine rings is 1. The van der Waals surface area contributed by atoms with Crippen molar-refractivity contribution in [1.29, 1.82) is 0 Å². The van der Waals surface area contributed by atoms with Gasteiger partial charge in [-0.1, -0.05) is 33.6 Å². The minimum atomic E-state index is -1.86. The Bertz CT molecular complexity index is 1570. The highest BCUT2D eigenvalue weighted by Crippen LogP contribution is 2.39. The lowest BCUT2D eigenvalue weighted by Crippen LogP contribution is -2.55. The molecular weight excluding hydrogens is 546 g/mol. The summed E-state index contributed by atoms with van der Waals surface area (Å²) in [5.74, 6) is 0.607. The molecule has 0 unspecified atom stereocenters. The fraction of sp³-hybridized carbons (Fsp3) is 0.533. The molecule has 4 aromatic heterocycles. The number of hydrogen-bond donors (Lipinski definition) is 1. The molecule has 6 rings (SSSR count). The zero-order valence-electron chi connectivity index (χ0n) is 25.3. The molecule has 2 radical (unpaired) electrons. The van der Waals surface area contributed by atoms with E-state index in [9.17, 15) is 4.39 Å². The zero-order chi connectivity index (χ0) is 29.6. The van der Waals surface area contributed by atoms with Gasteiger partial charge in [-0.2, -0.15) is 9.37 Å². The van der Waals surface area contributed by atoms with E-state index < -0.39 is 14.3 Å². The van der Waals surface area contributed by atoms with Crippen molar-refractivity contribution in [1.82, 2.24) is 29.3 Å². The maximum Gasteiger partial charge on any atom is 0.237 e. The predicted octanol–water partition coefficient (Wildman–Crippen LogP) is 5.97. The number of hydrogen-bond acceptors (Lipinski definition) is 8. The Morgan fingerprint density at radius 3 is 2.55 bits per heavy atom. The van der Waals surface area contributed by atoms with E-state index in [4.69, 9.17) is 17.4 Å². The first-order valence-corrected chi connectivity index (χ1v) is 17.9. The van der Waals surface area contributed by atoms with E-state index in [1.54, 1.807) is 6.20 Å². The van der Waals surface area contributed by atoms with Crippen LogP contribution in [0.4, 0.5) is 21.8 Å². The SMILES string of the molecule is [B]N1CCN(c2ccc(Nc3ncc4c5ccnc(F)c5n(C5CCCC5)c4n3)nc2)C[C@@H]1CO[Si](C)(C)C(C)(C)C. The standard InChI is InChI=1S/C30H40BFN8OSi/c1-30(2,3)42(4,5)41-19-22-18-38(14-15-39(22)31)21-10-11-25(34-16-21)36-29-35-17-24-23-12-13-33-27(32)26(23)40(28(24)37-29)20-8-6-7-9-20/h10-13,16-17,20,22H,6-9,14-15,18-19H2,1-5H3,(H,34,35,36,37)/t22-/m1/s1. The monoisotopic (exact) mass is 586 g/mol. The number of pyridine rings is 2. The minimum Gasteiger partial charge on any atom is -0.415 e. The average Bonchev–Trinajstić information content (AvgIpc) is 3.59. The Kier molecular flexibility index (Phi) is 7.73. The number of anilines is 3. The van der Waals surface area contributed by atoms with Crippen LogP contribution in [0.25, 0.3) is 21.9 Å². The lowest BCUT2D eigenvalue weighted by atomic mass is 10.1. The fourth-order valence-corrected chi connectivity index (χ4v) is 6.88. The molecule has 0 amide bonds. The van der Waals surface area contributed by atoms with Gasteiger partial charge >= 0.3 is 0 Å². The molecule has 1 saturated heterocycles. The van der Waals surface area contributed by atoms with Gasteiger partial charge in [-0.05, 0) is 49.2 Å². The minimum absolute atomic E-state index is 0.109. The van der Waals surface area contributed by atoms with Gasteiger partial charge in [0.2, 0.25) is 11.9 Å². The van der Waals surface area contributed by atoms with E-state index in [-0.39, 0.29) is 17.1 Å². The van der Waals surface area contributed by atoms with E-state index in [2.05, 4.69) is 65.1 Å². The Labute approximate surface area is 249 Å². The molecule has 9 nitrogen and oxygen atoms in total. The number of nitrogens with one attached hydrogen (secondary N) is 1. The van der Waals surface area contributed by atoms with Crippen LogP contribution >= 0.6 is 0 Å². The molecule has 2 fully saturated rings. The first-order valence-electron chi connectivity index (χ1n) is 15.0. The first-order chi connectivity index (χ1) is 20.0. The largest absolute Gasteiger partial charge is 0.415 e. The van der Waals surface area contributed by atoms with E-state index in [0.29, 0.717) is 23.9 Å². The van der Waals surface area contributed by atoms with Crippen molar-refractivity contribution in [2.75, 3.05) is 36.5 Å². The van der Waals surface area contributed by atoms with Crippen molar-refractivity contribution in [2.24, 2.45) is 0 Å². The molecule has 1 N–H and O–H groups in total. The third kappa shape index (κ3) is 5.51. The van der Waals surface area contributed by atoms with Crippen LogP contribution in [0.3, 0.4) is 0 Å². The highest BCUT2D eigenvalue weighted by atomic mass is 28.4. The highest BCUT2D eigenvalue weighted by Gasteiger charge is 2.38. The Balaban J connectivity index is 1.19. The molecule has 220 valence electrons. The van der Waals surface area contributed by atoms with Crippen molar-refractivity contribution in [3.63, 3.8) is 0 Å². The molecule has 0 spiro atoms. The molecule has 1 saturated carbocycles. The molecule has 4 aromatic rings. The average molecular weight is 587 g/mol. The maximum absolute atomic E-state index is 14.9. The molecular formula is C30H40BFN8OSi. The van der Waals surface area contributed by atoms with Crippen molar-refractivity contribution in [3.8, 4) is 0 Å². The quantitative estimate of drug-likeness (QED) is 0.210. The third-order valence-electron chi connectivity index (χ3n) is 9.42. The predicted molar refractivity (Wildman–Crippen MR) is 169 cm³/mol. The van der Waals surface area contributed by atoms with Crippen LogP contribution in [0.1, 0.15) is 52.5 Å². The molecule has 42 heavy (non-hydrogen) atoms. The fourth-order valence-electron chi connectivity index (χ4n) is 5.84. The second-order valence-corrected chi connectivity index (χ2v) is 18.0. The smallest absolute Gasteiger partial charge is 0.237 e. The summed E-state index contributed by atoms with van der Waals surface area (Å²) < 4.78 is 23.5. The highest BCUT2D eigenvalue weighted by molar-refractivity contribution is 6.74. The second-order valence-electron chi connectivity index (χ2n) is 13.2. The summed E-state index contributed by atoms with van der Waals surface area (Å²) in [5.41, 5.74) is 2.27. The summed E-state index contributed by atoms with van der Waals surface area (Å²) in [6, 6.07) is 6.15. The van der Waals surface area contributed by atoms with Crippen molar-refractivity contribution in [3.05, 3.63) is 42.7 Å². The van der Waals surface area contributed by atoms with Crippen LogP contribution in [-0.4, -0.2) is 77.9 Å². The van der Waals surface area contributed by atoms with Crippen LogP contribution in [0.2, 0.25) is 18.1 Å². The van der Waals surface area contributed by atoms with Crippen LogP contribution < -0.4 is 10.2 Å². The van der Waals surface area contributed by atoms with Gasteiger partial charge in [0.1, 0.15) is 17.0 Å². The topological polar surface area (TPSA) is 84.2 Å². The normalized spacial score (nSPS) is 19.3. The summed E-state index contributed by atoms with van der Waals surface area (Å²) in [6.45, 7) is 14.3. The van der Waals surface area contributed by atoms with Gasteiger partial charge in [0.15, 0.2) is 16.3 Å². The van der Waals surface area contributed by atoms with Gasteiger partial charge in [-0.25, -0.2) is 15.0 Å². The van der Waals surface area contributed by atoms with E-state index >= 15 is 0 Å². The van der Waals surface area contributed by atoms with Crippen LogP contribution in [0, 0.1) is 5.95 Å². The summed E-state index contributed by atoms with van der Waals surface area (Å²) in [4.78, 5) is 22.2. The summed E-state index contributed by atoms with van der Waals surface area (Å²) >= 11 is 0. The van der Waals surface area contributed by atoms with E-state index in [1.807, 2.05) is 27.7 Å². The second kappa shape index (κ2) is 11.2. The molecule has 2 aliphatic rings. The van der Waals surface area contributed by atoms with Crippen LogP contribution in [0.5, 0.6) is 0 Å². The third-order valence-corrected chi connectivity index (χ3v) is 13.9. The van der Waals surface area contributed by atoms with Gasteiger partial charge < -0.3 is 24.0 Å². The molecule has 1 aliphatic carbocycles. The van der Waals surface area contributed by atoms with Crippen molar-refractivity contribution in [2.45, 2.75) is 76.7 Å². The van der Waals surface area contributed by atoms with Gasteiger partial charge in [-0.15, -0.1) is 0 Å². The zero-order valence-corrected chi connectivity index (χ0v) is 26.3. The van der Waals surface area contributed by atoms with Crippen molar-refractivity contribution < 1.29 is 8.82 Å². The number of fused-ring (bicyclic) bond motifs is 3. The number of rotatable bonds is 7. The number of aromatic nitrogens is 5. The van der Waals surface area contributed by atoms with Crippen molar-refractivity contribution >= 4 is 55.7 Å². The van der Waals surface area contributed by atoms with E-state index in [0.717, 1.165) is 67.4 Å². The number of nitrogens with zero attached hydrogens (tertiary/aromatic N) is 7. The molecule has 0 aromatic carbocycles. The van der Waals surface area contributed by atoms with E-state index in [1.165, 1.54) is 6.20 Å². The Morgan fingerprint density at radius 1 is 1.05 bits per heavy atom. The molecule has 0 bridgehead atoms. The maximum atomic E-state index is 14.9. The lowest BCUT2D eigenvalue weighted by Gasteiger charge is -2.43. The summed E-state index contributed by atoms with van der Waals surface area (Å²) in [6.07, 6.45) is 9.41. The Hall–Kier alpha value is -3.09. The molecule has 1 aliphatic heterocycles. The van der Waals surface area contributed by atoms with Gasteiger partial charge in [-0.3, -0.25) is 0 Å². The molecule has 12 heteroatoms. The van der Waals surface area contributed by atoms with Gasteiger partial charge in [0, 0.05) is 54.9 Å². The van der Waals surface area contributed by atoms with Gasteiger partial charge in [0.25, 0.3) is 0 Å². The lowest BCUT2D eigenvalue weighted by molar-refractivity contribution is 0.182.